The smallest absolute Gasteiger partial charge is 0.280 e. The van der Waals surface area contributed by atoms with Crippen LogP contribution >= 0.6 is 10.7 Å². The molecular weight excluding hydrogens is 325 g/mol. The van der Waals surface area contributed by atoms with Gasteiger partial charge in [-0.2, -0.15) is 0 Å². The van der Waals surface area contributed by atoms with Crippen molar-refractivity contribution in [1.82, 2.24) is 9.55 Å². The predicted octanol–water partition coefficient (Wildman–Crippen LogP) is 2.21. The van der Waals surface area contributed by atoms with Crippen LogP contribution in [0.1, 0.15) is 11.4 Å². The minimum absolute atomic E-state index is 0.0316. The van der Waals surface area contributed by atoms with Crippen molar-refractivity contribution in [2.75, 3.05) is 0 Å². The van der Waals surface area contributed by atoms with E-state index in [0.29, 0.717) is 11.4 Å². The van der Waals surface area contributed by atoms with Gasteiger partial charge in [0.2, 0.25) is 0 Å². The van der Waals surface area contributed by atoms with Gasteiger partial charge in [-0.25, -0.2) is 17.8 Å². The minimum atomic E-state index is -3.97. The number of aromatic nitrogens is 2. The molecule has 0 amide bonds. The highest BCUT2D eigenvalue weighted by molar-refractivity contribution is 8.13. The number of halogens is 2. The number of non-ortho nitro benzene ring substituents is 1. The second-order valence-corrected chi connectivity index (χ2v) is 6.78. The molecule has 0 fully saturated rings. The first-order chi connectivity index (χ1) is 9.66. The summed E-state index contributed by atoms with van der Waals surface area (Å²) in [5.41, 5.74) is -0.0753. The van der Waals surface area contributed by atoms with Crippen LogP contribution in [0.3, 0.4) is 0 Å². The molecule has 0 bridgehead atoms. The van der Waals surface area contributed by atoms with E-state index in [1.807, 2.05) is 0 Å². The van der Waals surface area contributed by atoms with E-state index in [9.17, 15) is 22.9 Å². The molecule has 0 atom stereocenters. The van der Waals surface area contributed by atoms with Gasteiger partial charge in [-0.3, -0.25) is 10.1 Å². The fourth-order valence-electron chi connectivity index (χ4n) is 1.78. The van der Waals surface area contributed by atoms with E-state index in [2.05, 4.69) is 4.98 Å². The molecular formula is C11H9ClFN3O4S. The van der Waals surface area contributed by atoms with Crippen molar-refractivity contribution < 1.29 is 17.7 Å². The van der Waals surface area contributed by atoms with Crippen LogP contribution in [0.5, 0.6) is 0 Å². The lowest BCUT2D eigenvalue weighted by molar-refractivity contribution is -0.385. The SMILES string of the molecule is Cc1nc(S(=O)(=O)Cl)cn1Cc1cc(F)cc([N+](=O)[O-])c1. The molecule has 0 saturated carbocycles. The van der Waals surface area contributed by atoms with Gasteiger partial charge in [-0.1, -0.05) is 0 Å². The lowest BCUT2D eigenvalue weighted by Gasteiger charge is -2.05. The van der Waals surface area contributed by atoms with Crippen LogP contribution in [0.4, 0.5) is 10.1 Å². The standard InChI is InChI=1S/C11H9ClFN3O4S/c1-7-14-11(21(12,19)20)6-15(7)5-8-2-9(13)4-10(3-8)16(17)18/h2-4,6H,5H2,1H3. The molecule has 0 unspecified atom stereocenters. The lowest BCUT2D eigenvalue weighted by Crippen LogP contribution is -2.02. The summed E-state index contributed by atoms with van der Waals surface area (Å²) in [5, 5.41) is 10.4. The van der Waals surface area contributed by atoms with E-state index in [4.69, 9.17) is 10.7 Å². The third-order valence-corrected chi connectivity index (χ3v) is 3.88. The molecule has 2 aromatic rings. The number of imidazole rings is 1. The van der Waals surface area contributed by atoms with Gasteiger partial charge in [0, 0.05) is 29.5 Å². The average molecular weight is 334 g/mol. The first-order valence-corrected chi connectivity index (χ1v) is 7.90. The van der Waals surface area contributed by atoms with E-state index >= 15 is 0 Å². The Morgan fingerprint density at radius 2 is 2.10 bits per heavy atom. The predicted molar refractivity (Wildman–Crippen MR) is 72.2 cm³/mol. The van der Waals surface area contributed by atoms with Gasteiger partial charge in [0.1, 0.15) is 11.6 Å². The van der Waals surface area contributed by atoms with Crippen LogP contribution in [0.2, 0.25) is 0 Å². The Bertz CT molecular complexity index is 819. The van der Waals surface area contributed by atoms with Crippen molar-refractivity contribution in [2.45, 2.75) is 18.5 Å². The summed E-state index contributed by atoms with van der Waals surface area (Å²) in [6.07, 6.45) is 1.19. The van der Waals surface area contributed by atoms with Crippen molar-refractivity contribution in [1.29, 1.82) is 0 Å². The molecule has 0 aliphatic rings. The van der Waals surface area contributed by atoms with Crippen molar-refractivity contribution in [3.63, 3.8) is 0 Å². The maximum absolute atomic E-state index is 13.3. The average Bonchev–Trinajstić information content (AvgIpc) is 2.70. The van der Waals surface area contributed by atoms with Crippen LogP contribution < -0.4 is 0 Å². The maximum atomic E-state index is 13.3. The third kappa shape index (κ3) is 3.56. The van der Waals surface area contributed by atoms with Crippen LogP contribution in [-0.2, 0) is 15.6 Å². The van der Waals surface area contributed by atoms with Gasteiger partial charge in [-0.05, 0) is 18.6 Å². The lowest BCUT2D eigenvalue weighted by atomic mass is 10.2. The van der Waals surface area contributed by atoms with Crippen LogP contribution in [0, 0.1) is 22.9 Å². The fourth-order valence-corrected chi connectivity index (χ4v) is 2.50. The Balaban J connectivity index is 2.39. The van der Waals surface area contributed by atoms with Crippen molar-refractivity contribution in [3.8, 4) is 0 Å². The first-order valence-electron chi connectivity index (χ1n) is 5.59. The number of aryl methyl sites for hydroxylation is 1. The highest BCUT2D eigenvalue weighted by atomic mass is 35.7. The molecule has 0 saturated heterocycles. The third-order valence-electron chi connectivity index (χ3n) is 2.71. The fraction of sp³-hybridized carbons (Fsp3) is 0.182. The highest BCUT2D eigenvalue weighted by Crippen LogP contribution is 2.19. The van der Waals surface area contributed by atoms with Gasteiger partial charge in [-0.15, -0.1) is 0 Å². The Kier molecular flexibility index (Phi) is 3.97. The summed E-state index contributed by atoms with van der Waals surface area (Å²) in [5.74, 6) is -0.414. The van der Waals surface area contributed by atoms with Gasteiger partial charge in [0.25, 0.3) is 14.7 Å². The zero-order chi connectivity index (χ0) is 15.8. The second-order valence-electron chi connectivity index (χ2n) is 4.27. The zero-order valence-corrected chi connectivity index (χ0v) is 12.2. The second kappa shape index (κ2) is 5.41. The zero-order valence-electron chi connectivity index (χ0n) is 10.7. The first kappa shape index (κ1) is 15.4. The van der Waals surface area contributed by atoms with Crippen LogP contribution in [0.25, 0.3) is 0 Å². The number of benzene rings is 1. The summed E-state index contributed by atoms with van der Waals surface area (Å²) < 4.78 is 37.1. The van der Waals surface area contributed by atoms with Crippen LogP contribution in [0.15, 0.2) is 29.4 Å². The Labute approximate surface area is 123 Å². The van der Waals surface area contributed by atoms with E-state index in [0.717, 1.165) is 12.1 Å². The largest absolute Gasteiger partial charge is 0.329 e. The van der Waals surface area contributed by atoms with Crippen molar-refractivity contribution >= 4 is 25.4 Å². The summed E-state index contributed by atoms with van der Waals surface area (Å²) in [7, 11) is 1.22. The summed E-state index contributed by atoms with van der Waals surface area (Å²) in [6.45, 7) is 1.57. The molecule has 1 heterocycles. The van der Waals surface area contributed by atoms with E-state index in [1.165, 1.54) is 16.8 Å². The Morgan fingerprint density at radius 1 is 1.43 bits per heavy atom. The number of hydrogen-bond donors (Lipinski definition) is 0. The number of nitro groups is 1. The molecule has 1 aromatic carbocycles. The molecule has 112 valence electrons. The number of nitro benzene ring substituents is 1. The molecule has 21 heavy (non-hydrogen) atoms. The van der Waals surface area contributed by atoms with Gasteiger partial charge < -0.3 is 4.57 Å². The Morgan fingerprint density at radius 3 is 2.62 bits per heavy atom. The normalized spacial score (nSPS) is 11.6. The minimum Gasteiger partial charge on any atom is -0.329 e. The molecule has 0 N–H and O–H groups in total. The summed E-state index contributed by atoms with van der Waals surface area (Å²) in [6, 6.07) is 3.14. The van der Waals surface area contributed by atoms with Gasteiger partial charge in [0.05, 0.1) is 11.0 Å². The number of nitrogens with zero attached hydrogens (tertiary/aromatic N) is 3. The topological polar surface area (TPSA) is 95.1 Å². The van der Waals surface area contributed by atoms with Crippen molar-refractivity contribution in [2.24, 2.45) is 0 Å². The van der Waals surface area contributed by atoms with Crippen LogP contribution in [-0.4, -0.2) is 22.9 Å². The molecule has 0 aliphatic carbocycles. The van der Waals surface area contributed by atoms with E-state index in [1.54, 1.807) is 6.92 Å². The van der Waals surface area contributed by atoms with E-state index < -0.39 is 19.8 Å². The van der Waals surface area contributed by atoms with Gasteiger partial charge >= 0.3 is 0 Å². The Hall–Kier alpha value is -2.00. The summed E-state index contributed by atoms with van der Waals surface area (Å²) in [4.78, 5) is 13.8. The molecule has 2 rings (SSSR count). The summed E-state index contributed by atoms with van der Waals surface area (Å²) >= 11 is 0. The van der Waals surface area contributed by atoms with E-state index in [-0.39, 0.29) is 17.3 Å². The maximum Gasteiger partial charge on any atom is 0.280 e. The molecule has 0 aliphatic heterocycles. The highest BCUT2D eigenvalue weighted by Gasteiger charge is 2.17. The monoisotopic (exact) mass is 333 g/mol. The number of rotatable bonds is 4. The van der Waals surface area contributed by atoms with Gasteiger partial charge in [0.15, 0.2) is 5.03 Å². The molecule has 7 nitrogen and oxygen atoms in total. The quantitative estimate of drug-likeness (QED) is 0.485. The van der Waals surface area contributed by atoms with Crippen molar-refractivity contribution in [3.05, 3.63) is 51.7 Å². The molecule has 0 spiro atoms. The molecule has 10 heteroatoms. The number of hydrogen-bond acceptors (Lipinski definition) is 5. The molecule has 0 radical (unpaired) electrons. The molecule has 1 aromatic heterocycles.